The van der Waals surface area contributed by atoms with Gasteiger partial charge in [-0.2, -0.15) is 0 Å². The number of aliphatic hydroxyl groups excluding tert-OH is 1. The number of aliphatic hydroxyl groups is 1. The van der Waals surface area contributed by atoms with Crippen molar-refractivity contribution in [3.05, 3.63) is 71.2 Å². The molecule has 0 amide bonds. The number of rotatable bonds is 2. The molecule has 3 heteroatoms. The van der Waals surface area contributed by atoms with Gasteiger partial charge in [0.25, 0.3) is 0 Å². The highest BCUT2D eigenvalue weighted by Crippen LogP contribution is 2.30. The minimum Gasteiger partial charge on any atom is -0.384 e. The fourth-order valence-corrected chi connectivity index (χ4v) is 2.46. The van der Waals surface area contributed by atoms with Gasteiger partial charge in [-0.3, -0.25) is 0 Å². The smallest absolute Gasteiger partial charge is 0.123 e. The lowest BCUT2D eigenvalue weighted by Gasteiger charge is -2.15. The minimum absolute atomic E-state index is 0.284. The highest BCUT2D eigenvalue weighted by atomic mass is 19.1. The molecule has 0 aliphatic rings. The normalized spacial score (nSPS) is 12.8. The van der Waals surface area contributed by atoms with Crippen molar-refractivity contribution in [3.63, 3.8) is 0 Å². The van der Waals surface area contributed by atoms with Crippen LogP contribution in [0.3, 0.4) is 0 Å². The highest BCUT2D eigenvalue weighted by molar-refractivity contribution is 5.83. The predicted octanol–water partition coefficient (Wildman–Crippen LogP) is 3.70. The Morgan fingerprint density at radius 2 is 1.95 bits per heavy atom. The molecule has 0 aliphatic heterocycles. The molecule has 0 saturated heterocycles. The first-order chi connectivity index (χ1) is 9.16. The van der Waals surface area contributed by atoms with E-state index in [1.54, 1.807) is 13.0 Å². The van der Waals surface area contributed by atoms with E-state index in [-0.39, 0.29) is 5.82 Å². The monoisotopic (exact) mass is 255 g/mol. The van der Waals surface area contributed by atoms with Crippen LogP contribution in [0.2, 0.25) is 0 Å². The van der Waals surface area contributed by atoms with Crippen molar-refractivity contribution in [2.24, 2.45) is 0 Å². The van der Waals surface area contributed by atoms with E-state index in [1.807, 2.05) is 30.5 Å². The standard InChI is InChI=1S/C16H14FNO/c1-10-9-11(17)5-6-12(10)16(19)14-3-2-4-15-13(14)7-8-18-15/h2-9,16,18-19H,1H3. The van der Waals surface area contributed by atoms with E-state index in [0.29, 0.717) is 0 Å². The molecule has 19 heavy (non-hydrogen) atoms. The molecule has 96 valence electrons. The number of H-pyrrole nitrogens is 1. The molecule has 0 fully saturated rings. The first-order valence-electron chi connectivity index (χ1n) is 6.17. The number of nitrogens with one attached hydrogen (secondary N) is 1. The van der Waals surface area contributed by atoms with Crippen LogP contribution in [0.5, 0.6) is 0 Å². The van der Waals surface area contributed by atoms with E-state index in [9.17, 15) is 9.50 Å². The Morgan fingerprint density at radius 3 is 2.74 bits per heavy atom. The van der Waals surface area contributed by atoms with Crippen LogP contribution in [-0.4, -0.2) is 10.1 Å². The molecule has 0 bridgehead atoms. The summed E-state index contributed by atoms with van der Waals surface area (Å²) in [4.78, 5) is 3.12. The molecule has 2 nitrogen and oxygen atoms in total. The van der Waals surface area contributed by atoms with Crippen LogP contribution >= 0.6 is 0 Å². The Balaban J connectivity index is 2.13. The first kappa shape index (κ1) is 11.9. The summed E-state index contributed by atoms with van der Waals surface area (Å²) in [5.74, 6) is -0.284. The van der Waals surface area contributed by atoms with E-state index >= 15 is 0 Å². The molecule has 1 unspecified atom stereocenters. The lowest BCUT2D eigenvalue weighted by molar-refractivity contribution is 0.221. The van der Waals surface area contributed by atoms with Gasteiger partial charge in [-0.25, -0.2) is 4.39 Å². The van der Waals surface area contributed by atoms with Crippen molar-refractivity contribution in [2.45, 2.75) is 13.0 Å². The van der Waals surface area contributed by atoms with Crippen molar-refractivity contribution in [2.75, 3.05) is 0 Å². The molecule has 0 spiro atoms. The lowest BCUT2D eigenvalue weighted by Crippen LogP contribution is -2.02. The second-order valence-corrected chi connectivity index (χ2v) is 4.69. The van der Waals surface area contributed by atoms with Crippen LogP contribution in [-0.2, 0) is 0 Å². The maximum absolute atomic E-state index is 13.1. The second-order valence-electron chi connectivity index (χ2n) is 4.69. The third-order valence-electron chi connectivity index (χ3n) is 3.45. The largest absolute Gasteiger partial charge is 0.384 e. The summed E-state index contributed by atoms with van der Waals surface area (Å²) >= 11 is 0. The molecule has 3 aromatic rings. The van der Waals surface area contributed by atoms with Gasteiger partial charge in [0.05, 0.1) is 0 Å². The lowest BCUT2D eigenvalue weighted by atomic mass is 9.95. The molecule has 2 N–H and O–H groups in total. The summed E-state index contributed by atoms with van der Waals surface area (Å²) in [6, 6.07) is 12.1. The van der Waals surface area contributed by atoms with Crippen LogP contribution in [0.15, 0.2) is 48.7 Å². The van der Waals surface area contributed by atoms with Gasteiger partial charge >= 0.3 is 0 Å². The summed E-state index contributed by atoms with van der Waals surface area (Å²) < 4.78 is 13.1. The summed E-state index contributed by atoms with van der Waals surface area (Å²) in [6.45, 7) is 1.80. The maximum atomic E-state index is 13.1. The maximum Gasteiger partial charge on any atom is 0.123 e. The highest BCUT2D eigenvalue weighted by Gasteiger charge is 2.16. The van der Waals surface area contributed by atoms with Crippen molar-refractivity contribution in [1.82, 2.24) is 4.98 Å². The SMILES string of the molecule is Cc1cc(F)ccc1C(O)c1cccc2[nH]ccc12. The number of hydrogen-bond acceptors (Lipinski definition) is 1. The summed E-state index contributed by atoms with van der Waals surface area (Å²) in [5.41, 5.74) is 3.29. The zero-order chi connectivity index (χ0) is 13.4. The second kappa shape index (κ2) is 4.52. The minimum atomic E-state index is -0.750. The molecular weight excluding hydrogens is 241 g/mol. The number of halogens is 1. The average molecular weight is 255 g/mol. The van der Waals surface area contributed by atoms with Crippen molar-refractivity contribution < 1.29 is 9.50 Å². The Kier molecular flexibility index (Phi) is 2.84. The summed E-state index contributed by atoms with van der Waals surface area (Å²) in [7, 11) is 0. The molecule has 3 rings (SSSR count). The Hall–Kier alpha value is -2.13. The topological polar surface area (TPSA) is 36.0 Å². The zero-order valence-corrected chi connectivity index (χ0v) is 10.5. The van der Waals surface area contributed by atoms with Crippen LogP contribution in [0.4, 0.5) is 4.39 Å². The quantitative estimate of drug-likeness (QED) is 0.719. The Labute approximate surface area is 110 Å². The predicted molar refractivity (Wildman–Crippen MR) is 73.5 cm³/mol. The van der Waals surface area contributed by atoms with E-state index in [0.717, 1.165) is 27.6 Å². The average Bonchev–Trinajstić information content (AvgIpc) is 2.86. The number of aromatic nitrogens is 1. The van der Waals surface area contributed by atoms with Crippen LogP contribution < -0.4 is 0 Å². The zero-order valence-electron chi connectivity index (χ0n) is 10.5. The summed E-state index contributed by atoms with van der Waals surface area (Å²) in [5, 5.41) is 11.5. The molecule has 1 heterocycles. The molecular formula is C16H14FNO. The Bertz CT molecular complexity index is 732. The third-order valence-corrected chi connectivity index (χ3v) is 3.45. The first-order valence-corrected chi connectivity index (χ1v) is 6.17. The van der Waals surface area contributed by atoms with Crippen molar-refractivity contribution in [1.29, 1.82) is 0 Å². The molecule has 1 aromatic heterocycles. The van der Waals surface area contributed by atoms with Gasteiger partial charge in [-0.05, 0) is 47.9 Å². The fourth-order valence-electron chi connectivity index (χ4n) is 2.46. The summed E-state index contributed by atoms with van der Waals surface area (Å²) in [6.07, 6.45) is 1.10. The van der Waals surface area contributed by atoms with Gasteiger partial charge < -0.3 is 10.1 Å². The van der Waals surface area contributed by atoms with Crippen molar-refractivity contribution in [3.8, 4) is 0 Å². The number of fused-ring (bicyclic) bond motifs is 1. The molecule has 0 saturated carbocycles. The van der Waals surface area contributed by atoms with Gasteiger partial charge in [-0.1, -0.05) is 18.2 Å². The number of aromatic amines is 1. The Morgan fingerprint density at radius 1 is 1.11 bits per heavy atom. The van der Waals surface area contributed by atoms with Gasteiger partial charge in [0.1, 0.15) is 11.9 Å². The van der Waals surface area contributed by atoms with Crippen molar-refractivity contribution >= 4 is 10.9 Å². The molecule has 2 aromatic carbocycles. The number of aryl methyl sites for hydroxylation is 1. The molecule has 0 radical (unpaired) electrons. The van der Waals surface area contributed by atoms with Gasteiger partial charge in [0, 0.05) is 17.1 Å². The van der Waals surface area contributed by atoms with E-state index < -0.39 is 6.10 Å². The molecule has 1 atom stereocenters. The van der Waals surface area contributed by atoms with Crippen LogP contribution in [0.1, 0.15) is 22.8 Å². The fraction of sp³-hybridized carbons (Fsp3) is 0.125. The van der Waals surface area contributed by atoms with E-state index in [1.165, 1.54) is 12.1 Å². The van der Waals surface area contributed by atoms with Crippen LogP contribution in [0.25, 0.3) is 10.9 Å². The van der Waals surface area contributed by atoms with E-state index in [2.05, 4.69) is 4.98 Å². The van der Waals surface area contributed by atoms with E-state index in [4.69, 9.17) is 0 Å². The van der Waals surface area contributed by atoms with Gasteiger partial charge in [0.2, 0.25) is 0 Å². The number of benzene rings is 2. The number of hydrogen-bond donors (Lipinski definition) is 2. The van der Waals surface area contributed by atoms with Gasteiger partial charge in [0.15, 0.2) is 0 Å². The molecule has 0 aliphatic carbocycles. The van der Waals surface area contributed by atoms with Gasteiger partial charge in [-0.15, -0.1) is 0 Å². The third kappa shape index (κ3) is 2.02. The van der Waals surface area contributed by atoms with Crippen LogP contribution in [0, 0.1) is 12.7 Å².